The lowest BCUT2D eigenvalue weighted by atomic mass is 10.2. The van der Waals surface area contributed by atoms with Gasteiger partial charge in [0.1, 0.15) is 6.54 Å². The molecular formula is C10H13Cl2N3O2. The van der Waals surface area contributed by atoms with Crippen LogP contribution in [0.2, 0.25) is 10.0 Å². The number of nitrogens with two attached hydrogens (primary N) is 1. The molecule has 17 heavy (non-hydrogen) atoms. The standard InChI is InChI=1S/C10H13Cl2N3O2/c1-15(17-2)5-9(16)14-10-7(12)3-6(11)4-8(10)13/h3-4H,5,13H2,1-2H3,(H,14,16). The van der Waals surface area contributed by atoms with E-state index in [1.807, 2.05) is 0 Å². The minimum absolute atomic E-state index is 0.0644. The molecule has 0 aromatic heterocycles. The summed E-state index contributed by atoms with van der Waals surface area (Å²) in [6, 6.07) is 3.03. The van der Waals surface area contributed by atoms with E-state index < -0.39 is 0 Å². The van der Waals surface area contributed by atoms with Gasteiger partial charge in [0.15, 0.2) is 0 Å². The van der Waals surface area contributed by atoms with E-state index in [2.05, 4.69) is 5.32 Å². The fraction of sp³-hybridized carbons (Fsp3) is 0.300. The molecule has 0 atom stereocenters. The van der Waals surface area contributed by atoms with Crippen LogP contribution in [0.1, 0.15) is 0 Å². The van der Waals surface area contributed by atoms with Crippen LogP contribution < -0.4 is 11.1 Å². The maximum atomic E-state index is 11.6. The van der Waals surface area contributed by atoms with Crippen molar-refractivity contribution in [2.24, 2.45) is 0 Å². The number of amides is 1. The number of likely N-dealkylation sites (N-methyl/N-ethyl adjacent to an activating group) is 1. The second kappa shape index (κ2) is 6.07. The van der Waals surface area contributed by atoms with Gasteiger partial charge in [0.25, 0.3) is 0 Å². The summed E-state index contributed by atoms with van der Waals surface area (Å²) in [4.78, 5) is 16.4. The molecule has 1 aromatic carbocycles. The van der Waals surface area contributed by atoms with E-state index >= 15 is 0 Å². The molecule has 0 bridgehead atoms. The Balaban J connectivity index is 2.78. The molecule has 5 nitrogen and oxygen atoms in total. The third kappa shape index (κ3) is 4.05. The summed E-state index contributed by atoms with van der Waals surface area (Å²) < 4.78 is 0. The molecule has 0 saturated carbocycles. The summed E-state index contributed by atoms with van der Waals surface area (Å²) in [5.74, 6) is -0.287. The third-order valence-corrected chi connectivity index (χ3v) is 2.54. The second-order valence-electron chi connectivity index (χ2n) is 3.37. The zero-order valence-electron chi connectivity index (χ0n) is 9.46. The quantitative estimate of drug-likeness (QED) is 0.653. The van der Waals surface area contributed by atoms with Gasteiger partial charge in [-0.3, -0.25) is 4.79 Å². The number of anilines is 2. The van der Waals surface area contributed by atoms with Crippen LogP contribution in [0, 0.1) is 0 Å². The van der Waals surface area contributed by atoms with Crippen molar-refractivity contribution in [2.45, 2.75) is 0 Å². The normalized spacial score (nSPS) is 10.6. The average molecular weight is 278 g/mol. The highest BCUT2D eigenvalue weighted by molar-refractivity contribution is 6.37. The number of halogens is 2. The van der Waals surface area contributed by atoms with E-state index in [0.717, 1.165) is 0 Å². The topological polar surface area (TPSA) is 67.6 Å². The number of carbonyl (C=O) groups excluding carboxylic acids is 1. The molecular weight excluding hydrogens is 265 g/mol. The Kier molecular flexibility index (Phi) is 5.02. The molecule has 0 spiro atoms. The van der Waals surface area contributed by atoms with E-state index in [1.54, 1.807) is 7.05 Å². The van der Waals surface area contributed by atoms with Gasteiger partial charge in [0, 0.05) is 12.1 Å². The number of hydrogen-bond acceptors (Lipinski definition) is 4. The monoisotopic (exact) mass is 277 g/mol. The first-order valence-electron chi connectivity index (χ1n) is 4.73. The van der Waals surface area contributed by atoms with Gasteiger partial charge in [-0.05, 0) is 12.1 Å². The van der Waals surface area contributed by atoms with Crippen LogP contribution >= 0.6 is 23.2 Å². The molecule has 0 heterocycles. The summed E-state index contributed by atoms with van der Waals surface area (Å²) in [5, 5.41) is 4.68. The van der Waals surface area contributed by atoms with Crippen molar-refractivity contribution in [3.05, 3.63) is 22.2 Å². The van der Waals surface area contributed by atoms with E-state index in [1.165, 1.54) is 24.3 Å². The van der Waals surface area contributed by atoms with Crippen LogP contribution in [0.4, 0.5) is 11.4 Å². The summed E-state index contributed by atoms with van der Waals surface area (Å²) in [6.45, 7) is 0.0644. The molecule has 94 valence electrons. The first-order valence-corrected chi connectivity index (χ1v) is 5.49. The Hall–Kier alpha value is -1.01. The molecule has 0 unspecified atom stereocenters. The second-order valence-corrected chi connectivity index (χ2v) is 4.21. The number of benzene rings is 1. The minimum atomic E-state index is -0.287. The van der Waals surface area contributed by atoms with Crippen molar-refractivity contribution in [1.29, 1.82) is 0 Å². The van der Waals surface area contributed by atoms with Gasteiger partial charge in [-0.2, -0.15) is 5.06 Å². The molecule has 1 rings (SSSR count). The Bertz CT molecular complexity index is 403. The van der Waals surface area contributed by atoms with Gasteiger partial charge >= 0.3 is 0 Å². The summed E-state index contributed by atoms with van der Waals surface area (Å²) in [7, 11) is 3.10. The van der Waals surface area contributed by atoms with E-state index in [9.17, 15) is 4.79 Å². The third-order valence-electron chi connectivity index (χ3n) is 2.03. The number of nitrogens with zero attached hydrogens (tertiary/aromatic N) is 1. The summed E-state index contributed by atoms with van der Waals surface area (Å²) >= 11 is 11.7. The van der Waals surface area contributed by atoms with Gasteiger partial charge in [-0.15, -0.1) is 0 Å². The van der Waals surface area contributed by atoms with Gasteiger partial charge in [0.05, 0.1) is 23.5 Å². The maximum Gasteiger partial charge on any atom is 0.241 e. The zero-order valence-corrected chi connectivity index (χ0v) is 11.0. The highest BCUT2D eigenvalue weighted by atomic mass is 35.5. The number of hydroxylamine groups is 2. The molecule has 7 heteroatoms. The van der Waals surface area contributed by atoms with E-state index in [4.69, 9.17) is 33.8 Å². The van der Waals surface area contributed by atoms with Crippen molar-refractivity contribution >= 4 is 40.5 Å². The summed E-state index contributed by atoms with van der Waals surface area (Å²) in [5.41, 5.74) is 6.37. The van der Waals surface area contributed by atoms with Gasteiger partial charge < -0.3 is 15.9 Å². The van der Waals surface area contributed by atoms with Gasteiger partial charge in [-0.1, -0.05) is 23.2 Å². The van der Waals surface area contributed by atoms with Crippen LogP contribution in [0.5, 0.6) is 0 Å². The predicted octanol–water partition coefficient (Wildman–Crippen LogP) is 2.01. The molecule has 3 N–H and O–H groups in total. The number of nitrogens with one attached hydrogen (secondary N) is 1. The van der Waals surface area contributed by atoms with Crippen LogP contribution in [0.25, 0.3) is 0 Å². The smallest absolute Gasteiger partial charge is 0.241 e. The molecule has 1 aromatic rings. The van der Waals surface area contributed by atoms with Gasteiger partial charge in [-0.25, -0.2) is 0 Å². The van der Waals surface area contributed by atoms with Crippen LogP contribution in [0.3, 0.4) is 0 Å². The number of hydrogen-bond donors (Lipinski definition) is 2. The Morgan fingerprint density at radius 1 is 1.53 bits per heavy atom. The van der Waals surface area contributed by atoms with E-state index in [-0.39, 0.29) is 12.5 Å². The fourth-order valence-electron chi connectivity index (χ4n) is 1.17. The molecule has 0 aliphatic heterocycles. The van der Waals surface area contributed by atoms with Crippen molar-refractivity contribution in [3.63, 3.8) is 0 Å². The minimum Gasteiger partial charge on any atom is -0.397 e. The molecule has 0 aliphatic carbocycles. The van der Waals surface area contributed by atoms with Crippen molar-refractivity contribution < 1.29 is 9.63 Å². The van der Waals surface area contributed by atoms with Crippen LogP contribution in [0.15, 0.2) is 12.1 Å². The number of nitrogen functional groups attached to an aromatic ring is 1. The largest absolute Gasteiger partial charge is 0.397 e. The Morgan fingerprint density at radius 2 is 2.18 bits per heavy atom. The van der Waals surface area contributed by atoms with Crippen LogP contribution in [-0.4, -0.2) is 31.7 Å². The molecule has 0 aliphatic rings. The number of carbonyl (C=O) groups is 1. The Labute approximate surface area is 109 Å². The molecule has 0 saturated heterocycles. The average Bonchev–Trinajstić information content (AvgIpc) is 2.23. The predicted molar refractivity (Wildman–Crippen MR) is 69.1 cm³/mol. The SMILES string of the molecule is CON(C)CC(=O)Nc1c(N)cc(Cl)cc1Cl. The molecule has 1 amide bonds. The highest BCUT2D eigenvalue weighted by Gasteiger charge is 2.12. The lowest BCUT2D eigenvalue weighted by molar-refractivity contribution is -0.137. The van der Waals surface area contributed by atoms with Crippen LogP contribution in [-0.2, 0) is 9.63 Å². The Morgan fingerprint density at radius 3 is 2.71 bits per heavy atom. The fourth-order valence-corrected chi connectivity index (χ4v) is 1.73. The van der Waals surface area contributed by atoms with Crippen molar-refractivity contribution in [1.82, 2.24) is 5.06 Å². The van der Waals surface area contributed by atoms with Crippen molar-refractivity contribution in [2.75, 3.05) is 31.8 Å². The zero-order chi connectivity index (χ0) is 13.0. The molecule has 0 fully saturated rings. The van der Waals surface area contributed by atoms with Gasteiger partial charge in [0.2, 0.25) is 5.91 Å². The summed E-state index contributed by atoms with van der Waals surface area (Å²) in [6.07, 6.45) is 0. The maximum absolute atomic E-state index is 11.6. The molecule has 0 radical (unpaired) electrons. The number of rotatable bonds is 4. The highest BCUT2D eigenvalue weighted by Crippen LogP contribution is 2.31. The van der Waals surface area contributed by atoms with Crippen molar-refractivity contribution in [3.8, 4) is 0 Å². The van der Waals surface area contributed by atoms with E-state index in [0.29, 0.717) is 21.4 Å². The first-order chi connectivity index (χ1) is 7.93. The lowest BCUT2D eigenvalue weighted by Gasteiger charge is -2.15. The first kappa shape index (κ1) is 14.1. The lowest BCUT2D eigenvalue weighted by Crippen LogP contribution is -2.29.